The van der Waals surface area contributed by atoms with Crippen LogP contribution >= 0.6 is 27.7 Å². The molecule has 1 heterocycles. The Kier molecular flexibility index (Phi) is 5.81. The molecule has 0 N–H and O–H groups in total. The molecule has 4 nitrogen and oxygen atoms in total. The zero-order valence-corrected chi connectivity index (χ0v) is 16.9. The van der Waals surface area contributed by atoms with Gasteiger partial charge in [-0.3, -0.25) is 0 Å². The van der Waals surface area contributed by atoms with Crippen molar-refractivity contribution in [3.8, 4) is 5.75 Å². The lowest BCUT2D eigenvalue weighted by Gasteiger charge is -2.11. The van der Waals surface area contributed by atoms with Crippen LogP contribution in [-0.4, -0.2) is 14.8 Å². The van der Waals surface area contributed by atoms with Crippen molar-refractivity contribution in [1.82, 2.24) is 14.8 Å². The average Bonchev–Trinajstić information content (AvgIpc) is 2.94. The third-order valence-corrected chi connectivity index (χ3v) is 5.58. The molecule has 2 aromatic carbocycles. The van der Waals surface area contributed by atoms with Crippen LogP contribution in [0.3, 0.4) is 0 Å². The number of ether oxygens (including phenoxy) is 1. The number of halogens is 1. The van der Waals surface area contributed by atoms with Gasteiger partial charge in [-0.1, -0.05) is 58.0 Å². The number of hydrogen-bond acceptors (Lipinski definition) is 4. The summed E-state index contributed by atoms with van der Waals surface area (Å²) < 4.78 is 9.07. The molecule has 0 amide bonds. The SMILES string of the molecule is Cc1cccc(C)c1OCc1nnc(SCc2ccc(Br)cc2)n1C. The van der Waals surface area contributed by atoms with Gasteiger partial charge >= 0.3 is 0 Å². The maximum Gasteiger partial charge on any atom is 0.191 e. The van der Waals surface area contributed by atoms with Gasteiger partial charge in [0, 0.05) is 17.3 Å². The largest absolute Gasteiger partial charge is 0.485 e. The van der Waals surface area contributed by atoms with E-state index in [2.05, 4.69) is 76.4 Å². The van der Waals surface area contributed by atoms with E-state index in [1.165, 1.54) is 5.56 Å². The van der Waals surface area contributed by atoms with Crippen molar-refractivity contribution in [2.45, 2.75) is 31.4 Å². The van der Waals surface area contributed by atoms with Gasteiger partial charge in [0.05, 0.1) is 0 Å². The van der Waals surface area contributed by atoms with E-state index in [1.54, 1.807) is 11.8 Å². The Bertz CT molecular complexity index is 841. The number of aryl methyl sites for hydroxylation is 2. The summed E-state index contributed by atoms with van der Waals surface area (Å²) in [6, 6.07) is 14.5. The standard InChI is InChI=1S/C19H20BrN3OS/c1-13-5-4-6-14(2)18(13)24-11-17-21-22-19(23(17)3)25-12-15-7-9-16(20)10-8-15/h4-10H,11-12H2,1-3H3. The minimum absolute atomic E-state index is 0.411. The third kappa shape index (κ3) is 4.44. The zero-order valence-electron chi connectivity index (χ0n) is 14.5. The molecule has 0 radical (unpaired) electrons. The second-order valence-corrected chi connectivity index (χ2v) is 7.74. The Hall–Kier alpha value is -1.79. The van der Waals surface area contributed by atoms with Gasteiger partial charge in [0.1, 0.15) is 12.4 Å². The lowest BCUT2D eigenvalue weighted by molar-refractivity contribution is 0.286. The van der Waals surface area contributed by atoms with E-state index in [0.717, 1.165) is 38.1 Å². The Morgan fingerprint density at radius 3 is 2.40 bits per heavy atom. The molecule has 130 valence electrons. The second kappa shape index (κ2) is 8.06. The minimum Gasteiger partial charge on any atom is -0.485 e. The van der Waals surface area contributed by atoms with E-state index < -0.39 is 0 Å². The Labute approximate surface area is 160 Å². The molecular weight excluding hydrogens is 398 g/mol. The number of thioether (sulfide) groups is 1. The molecule has 6 heteroatoms. The van der Waals surface area contributed by atoms with Crippen LogP contribution in [0.2, 0.25) is 0 Å². The van der Waals surface area contributed by atoms with Crippen molar-refractivity contribution in [2.75, 3.05) is 0 Å². The number of para-hydroxylation sites is 1. The van der Waals surface area contributed by atoms with Crippen molar-refractivity contribution < 1.29 is 4.74 Å². The summed E-state index contributed by atoms with van der Waals surface area (Å²) in [6.07, 6.45) is 0. The fourth-order valence-corrected chi connectivity index (χ4v) is 3.64. The van der Waals surface area contributed by atoms with E-state index >= 15 is 0 Å². The molecular formula is C19H20BrN3OS. The van der Waals surface area contributed by atoms with Gasteiger partial charge in [0.2, 0.25) is 0 Å². The monoisotopic (exact) mass is 417 g/mol. The van der Waals surface area contributed by atoms with E-state index in [1.807, 2.05) is 17.7 Å². The van der Waals surface area contributed by atoms with Gasteiger partial charge in [-0.25, -0.2) is 0 Å². The molecule has 1 aromatic heterocycles. The maximum absolute atomic E-state index is 5.99. The van der Waals surface area contributed by atoms with Crippen molar-refractivity contribution >= 4 is 27.7 Å². The molecule has 0 unspecified atom stereocenters. The van der Waals surface area contributed by atoms with Crippen molar-refractivity contribution in [1.29, 1.82) is 0 Å². The van der Waals surface area contributed by atoms with Gasteiger partial charge in [-0.15, -0.1) is 10.2 Å². The lowest BCUT2D eigenvalue weighted by Crippen LogP contribution is -2.05. The molecule has 0 aliphatic heterocycles. The Morgan fingerprint density at radius 2 is 1.72 bits per heavy atom. The molecule has 0 saturated carbocycles. The second-order valence-electron chi connectivity index (χ2n) is 5.88. The van der Waals surface area contributed by atoms with E-state index in [-0.39, 0.29) is 0 Å². The Balaban J connectivity index is 1.64. The number of rotatable bonds is 6. The molecule has 0 aliphatic carbocycles. The normalized spacial score (nSPS) is 10.9. The molecule has 0 aliphatic rings. The van der Waals surface area contributed by atoms with Crippen LogP contribution in [0.5, 0.6) is 5.75 Å². The van der Waals surface area contributed by atoms with Crippen molar-refractivity contribution in [3.05, 3.63) is 69.5 Å². The summed E-state index contributed by atoms with van der Waals surface area (Å²) >= 11 is 5.13. The van der Waals surface area contributed by atoms with Crippen LogP contribution in [-0.2, 0) is 19.4 Å². The van der Waals surface area contributed by atoms with E-state index in [9.17, 15) is 0 Å². The third-order valence-electron chi connectivity index (χ3n) is 3.96. The average molecular weight is 418 g/mol. The van der Waals surface area contributed by atoms with E-state index in [4.69, 9.17) is 4.74 Å². The molecule has 0 spiro atoms. The fourth-order valence-electron chi connectivity index (χ4n) is 2.49. The summed E-state index contributed by atoms with van der Waals surface area (Å²) in [5.41, 5.74) is 3.52. The number of benzene rings is 2. The first-order valence-corrected chi connectivity index (χ1v) is 9.77. The van der Waals surface area contributed by atoms with Gasteiger partial charge in [0.15, 0.2) is 11.0 Å². The highest BCUT2D eigenvalue weighted by Crippen LogP contribution is 2.25. The topological polar surface area (TPSA) is 39.9 Å². The minimum atomic E-state index is 0.411. The van der Waals surface area contributed by atoms with Crippen molar-refractivity contribution in [2.24, 2.45) is 7.05 Å². The first kappa shape index (κ1) is 18.0. The van der Waals surface area contributed by atoms with Crippen LogP contribution in [0.1, 0.15) is 22.5 Å². The highest BCUT2D eigenvalue weighted by molar-refractivity contribution is 9.10. The smallest absolute Gasteiger partial charge is 0.191 e. The van der Waals surface area contributed by atoms with Crippen LogP contribution in [0.25, 0.3) is 0 Å². The number of aromatic nitrogens is 3. The van der Waals surface area contributed by atoms with Gasteiger partial charge < -0.3 is 9.30 Å². The fraction of sp³-hybridized carbons (Fsp3) is 0.263. The van der Waals surface area contributed by atoms with E-state index in [0.29, 0.717) is 6.61 Å². The molecule has 25 heavy (non-hydrogen) atoms. The van der Waals surface area contributed by atoms with Crippen molar-refractivity contribution in [3.63, 3.8) is 0 Å². The first-order valence-electron chi connectivity index (χ1n) is 7.99. The van der Waals surface area contributed by atoms with Gasteiger partial charge in [0.25, 0.3) is 0 Å². The highest BCUT2D eigenvalue weighted by Gasteiger charge is 2.11. The number of nitrogens with zero attached hydrogens (tertiary/aromatic N) is 3. The molecule has 0 atom stereocenters. The first-order chi connectivity index (χ1) is 12.0. The summed E-state index contributed by atoms with van der Waals surface area (Å²) in [5, 5.41) is 9.46. The maximum atomic E-state index is 5.99. The van der Waals surface area contributed by atoms with Crippen LogP contribution < -0.4 is 4.74 Å². The molecule has 0 bridgehead atoms. The molecule has 3 aromatic rings. The Morgan fingerprint density at radius 1 is 1.04 bits per heavy atom. The zero-order chi connectivity index (χ0) is 17.8. The van der Waals surface area contributed by atoms with Crippen LogP contribution in [0.4, 0.5) is 0 Å². The molecule has 0 saturated heterocycles. The van der Waals surface area contributed by atoms with Gasteiger partial charge in [-0.05, 0) is 42.7 Å². The van der Waals surface area contributed by atoms with Crippen LogP contribution in [0, 0.1) is 13.8 Å². The molecule has 3 rings (SSSR count). The predicted molar refractivity (Wildman–Crippen MR) is 105 cm³/mol. The summed E-state index contributed by atoms with van der Waals surface area (Å²) in [6.45, 7) is 4.52. The molecule has 0 fully saturated rings. The van der Waals surface area contributed by atoms with Gasteiger partial charge in [-0.2, -0.15) is 0 Å². The number of hydrogen-bond donors (Lipinski definition) is 0. The highest BCUT2D eigenvalue weighted by atomic mass is 79.9. The lowest BCUT2D eigenvalue weighted by atomic mass is 10.1. The predicted octanol–water partition coefficient (Wildman–Crippen LogP) is 5.07. The summed E-state index contributed by atoms with van der Waals surface area (Å²) in [7, 11) is 1.98. The summed E-state index contributed by atoms with van der Waals surface area (Å²) in [5.74, 6) is 2.60. The summed E-state index contributed by atoms with van der Waals surface area (Å²) in [4.78, 5) is 0. The van der Waals surface area contributed by atoms with Crippen LogP contribution in [0.15, 0.2) is 52.1 Å². The quantitative estimate of drug-likeness (QED) is 0.525.